The van der Waals surface area contributed by atoms with Gasteiger partial charge in [0.15, 0.2) is 0 Å². The number of nitrogens with two attached hydrogens (primary N) is 1. The summed E-state index contributed by atoms with van der Waals surface area (Å²) in [5, 5.41) is 12.2. The molecule has 5 heteroatoms. The van der Waals surface area contributed by atoms with Gasteiger partial charge in [-0.2, -0.15) is 0 Å². The number of carbonyl (C=O) groups excluding carboxylic acids is 1. The molecule has 0 heterocycles. The van der Waals surface area contributed by atoms with Crippen LogP contribution in [0, 0.1) is 5.92 Å². The molecule has 0 aliphatic rings. The number of aryl methyl sites for hydroxylation is 1. The smallest absolute Gasteiger partial charge is 0.320 e. The average molecular weight is 292 g/mol. The van der Waals surface area contributed by atoms with Gasteiger partial charge in [-0.1, -0.05) is 44.2 Å². The molecule has 0 aromatic heterocycles. The van der Waals surface area contributed by atoms with E-state index in [-0.39, 0.29) is 5.92 Å². The van der Waals surface area contributed by atoms with Gasteiger partial charge in [0, 0.05) is 0 Å². The summed E-state index contributed by atoms with van der Waals surface area (Å²) in [7, 11) is 0. The van der Waals surface area contributed by atoms with Crippen molar-refractivity contribution in [2.45, 2.75) is 45.2 Å². The van der Waals surface area contributed by atoms with Crippen LogP contribution in [0.1, 0.15) is 32.3 Å². The van der Waals surface area contributed by atoms with Crippen LogP contribution < -0.4 is 11.1 Å². The molecule has 0 saturated carbocycles. The maximum Gasteiger partial charge on any atom is 0.320 e. The first-order chi connectivity index (χ1) is 9.90. The van der Waals surface area contributed by atoms with E-state index in [0.29, 0.717) is 19.3 Å². The number of amides is 1. The first-order valence-corrected chi connectivity index (χ1v) is 7.22. The van der Waals surface area contributed by atoms with Crippen LogP contribution in [0.4, 0.5) is 0 Å². The SMILES string of the molecule is CC(C)CC(NC(CCc1ccccc1)C(=O)O)C(N)=O. The molecule has 5 nitrogen and oxygen atoms in total. The van der Waals surface area contributed by atoms with Crippen LogP contribution in [-0.2, 0) is 16.0 Å². The van der Waals surface area contributed by atoms with E-state index in [0.717, 1.165) is 5.56 Å². The number of carbonyl (C=O) groups is 2. The second kappa shape index (κ2) is 8.42. The molecule has 1 aromatic rings. The lowest BCUT2D eigenvalue weighted by atomic mass is 10.00. The van der Waals surface area contributed by atoms with Gasteiger partial charge >= 0.3 is 5.97 Å². The summed E-state index contributed by atoms with van der Waals surface area (Å²) in [5.74, 6) is -1.20. The van der Waals surface area contributed by atoms with Crippen molar-refractivity contribution in [3.05, 3.63) is 35.9 Å². The molecule has 0 aliphatic heterocycles. The minimum Gasteiger partial charge on any atom is -0.480 e. The van der Waals surface area contributed by atoms with Crippen LogP contribution in [0.3, 0.4) is 0 Å². The summed E-state index contributed by atoms with van der Waals surface area (Å²) >= 11 is 0. The lowest BCUT2D eigenvalue weighted by molar-refractivity contribution is -0.140. The summed E-state index contributed by atoms with van der Waals surface area (Å²) in [5.41, 5.74) is 6.42. The summed E-state index contributed by atoms with van der Waals surface area (Å²) in [6.45, 7) is 3.94. The van der Waals surface area contributed by atoms with Gasteiger partial charge in [0.1, 0.15) is 6.04 Å². The van der Waals surface area contributed by atoms with E-state index in [1.165, 1.54) is 0 Å². The summed E-state index contributed by atoms with van der Waals surface area (Å²) in [6.07, 6.45) is 1.59. The van der Waals surface area contributed by atoms with Crippen molar-refractivity contribution in [2.75, 3.05) is 0 Å². The fourth-order valence-electron chi connectivity index (χ4n) is 2.21. The van der Waals surface area contributed by atoms with Crippen LogP contribution >= 0.6 is 0 Å². The highest BCUT2D eigenvalue weighted by atomic mass is 16.4. The van der Waals surface area contributed by atoms with Crippen LogP contribution in [-0.4, -0.2) is 29.1 Å². The largest absolute Gasteiger partial charge is 0.480 e. The number of hydrogen-bond donors (Lipinski definition) is 3. The van der Waals surface area contributed by atoms with E-state index in [1.807, 2.05) is 44.2 Å². The zero-order valence-electron chi connectivity index (χ0n) is 12.6. The van der Waals surface area contributed by atoms with Gasteiger partial charge in [0.05, 0.1) is 6.04 Å². The number of hydrogen-bond acceptors (Lipinski definition) is 3. The molecule has 0 aliphatic carbocycles. The van der Waals surface area contributed by atoms with E-state index in [2.05, 4.69) is 5.32 Å². The van der Waals surface area contributed by atoms with Crippen LogP contribution in [0.2, 0.25) is 0 Å². The first kappa shape index (κ1) is 17.2. The van der Waals surface area contributed by atoms with E-state index >= 15 is 0 Å². The van der Waals surface area contributed by atoms with E-state index in [4.69, 9.17) is 5.73 Å². The Morgan fingerprint density at radius 1 is 1.19 bits per heavy atom. The molecular formula is C16H24N2O3. The van der Waals surface area contributed by atoms with Gasteiger partial charge in [0.25, 0.3) is 0 Å². The maximum atomic E-state index is 11.4. The fraction of sp³-hybridized carbons (Fsp3) is 0.500. The Labute approximate surface area is 125 Å². The van der Waals surface area contributed by atoms with E-state index in [1.54, 1.807) is 0 Å². The Morgan fingerprint density at radius 3 is 2.29 bits per heavy atom. The topological polar surface area (TPSA) is 92.4 Å². The third-order valence-corrected chi connectivity index (χ3v) is 3.32. The second-order valence-corrected chi connectivity index (χ2v) is 5.67. The molecule has 1 aromatic carbocycles. The third kappa shape index (κ3) is 6.40. The number of benzene rings is 1. The van der Waals surface area contributed by atoms with Gasteiger partial charge < -0.3 is 10.8 Å². The zero-order valence-corrected chi connectivity index (χ0v) is 12.6. The molecule has 1 amide bonds. The Kier molecular flexibility index (Phi) is 6.88. The fourth-order valence-corrected chi connectivity index (χ4v) is 2.21. The van der Waals surface area contributed by atoms with Gasteiger partial charge in [0.2, 0.25) is 5.91 Å². The molecule has 0 spiro atoms. The number of carboxylic acid groups (broad SMARTS) is 1. The van der Waals surface area contributed by atoms with E-state index < -0.39 is 24.0 Å². The predicted octanol–water partition coefficient (Wildman–Crippen LogP) is 1.56. The van der Waals surface area contributed by atoms with Gasteiger partial charge in [-0.3, -0.25) is 14.9 Å². The predicted molar refractivity (Wildman–Crippen MR) is 81.8 cm³/mol. The van der Waals surface area contributed by atoms with Crippen molar-refractivity contribution in [1.82, 2.24) is 5.32 Å². The van der Waals surface area contributed by atoms with Crippen molar-refractivity contribution in [3.8, 4) is 0 Å². The molecule has 1 rings (SSSR count). The summed E-state index contributed by atoms with van der Waals surface area (Å²) in [4.78, 5) is 22.8. The third-order valence-electron chi connectivity index (χ3n) is 3.32. The highest BCUT2D eigenvalue weighted by molar-refractivity contribution is 5.81. The molecule has 21 heavy (non-hydrogen) atoms. The summed E-state index contributed by atoms with van der Waals surface area (Å²) < 4.78 is 0. The highest BCUT2D eigenvalue weighted by Crippen LogP contribution is 2.09. The maximum absolute atomic E-state index is 11.4. The van der Waals surface area contributed by atoms with E-state index in [9.17, 15) is 14.7 Å². The molecule has 2 atom stereocenters. The van der Waals surface area contributed by atoms with Crippen molar-refractivity contribution >= 4 is 11.9 Å². The van der Waals surface area contributed by atoms with Crippen LogP contribution in [0.15, 0.2) is 30.3 Å². The summed E-state index contributed by atoms with van der Waals surface area (Å²) in [6, 6.07) is 8.29. The van der Waals surface area contributed by atoms with Crippen LogP contribution in [0.5, 0.6) is 0 Å². The van der Waals surface area contributed by atoms with Crippen LogP contribution in [0.25, 0.3) is 0 Å². The van der Waals surface area contributed by atoms with Crippen molar-refractivity contribution in [2.24, 2.45) is 11.7 Å². The van der Waals surface area contributed by atoms with Gasteiger partial charge in [-0.25, -0.2) is 0 Å². The second-order valence-electron chi connectivity index (χ2n) is 5.67. The molecular weight excluding hydrogens is 268 g/mol. The van der Waals surface area contributed by atoms with Gasteiger partial charge in [-0.15, -0.1) is 0 Å². The van der Waals surface area contributed by atoms with Crippen molar-refractivity contribution in [1.29, 1.82) is 0 Å². The average Bonchev–Trinajstić information content (AvgIpc) is 2.42. The van der Waals surface area contributed by atoms with Crippen molar-refractivity contribution in [3.63, 3.8) is 0 Å². The minimum absolute atomic E-state index is 0.263. The molecule has 0 bridgehead atoms. The Balaban J connectivity index is 2.63. The standard InChI is InChI=1S/C16H24N2O3/c1-11(2)10-14(15(17)19)18-13(16(20)21)9-8-12-6-4-3-5-7-12/h3-7,11,13-14,18H,8-10H2,1-2H3,(H2,17,19)(H,20,21). The number of primary amides is 1. The zero-order chi connectivity index (χ0) is 15.8. The lowest BCUT2D eigenvalue weighted by Crippen LogP contribution is -2.50. The van der Waals surface area contributed by atoms with Crippen molar-refractivity contribution < 1.29 is 14.7 Å². The first-order valence-electron chi connectivity index (χ1n) is 7.22. The molecule has 2 unspecified atom stereocenters. The normalized spacial score (nSPS) is 13.9. The minimum atomic E-state index is -0.957. The quantitative estimate of drug-likeness (QED) is 0.644. The molecule has 0 radical (unpaired) electrons. The number of carboxylic acids is 1. The monoisotopic (exact) mass is 292 g/mol. The Hall–Kier alpha value is -1.88. The molecule has 116 valence electrons. The molecule has 0 fully saturated rings. The number of rotatable bonds is 9. The number of aliphatic carboxylic acids is 1. The number of nitrogens with one attached hydrogen (secondary N) is 1. The Morgan fingerprint density at radius 2 is 1.81 bits per heavy atom. The lowest BCUT2D eigenvalue weighted by Gasteiger charge is -2.22. The molecule has 0 saturated heterocycles. The van der Waals surface area contributed by atoms with Gasteiger partial charge in [-0.05, 0) is 30.7 Å². The highest BCUT2D eigenvalue weighted by Gasteiger charge is 2.25. The molecule has 4 N–H and O–H groups in total. The Bertz CT molecular complexity index is 460.